The third kappa shape index (κ3) is 11.1. The van der Waals surface area contributed by atoms with Crippen molar-refractivity contribution in [2.24, 2.45) is 0 Å². The van der Waals surface area contributed by atoms with Crippen molar-refractivity contribution in [2.75, 3.05) is 26.3 Å². The summed E-state index contributed by atoms with van der Waals surface area (Å²) in [7, 11) is 0. The van der Waals surface area contributed by atoms with E-state index in [1.807, 2.05) is 13.8 Å². The lowest BCUT2D eigenvalue weighted by Crippen LogP contribution is -2.48. The highest BCUT2D eigenvalue weighted by Crippen LogP contribution is 2.15. The van der Waals surface area contributed by atoms with Crippen LogP contribution >= 0.6 is 0 Å². The maximum Gasteiger partial charge on any atom is 0.142 e. The van der Waals surface area contributed by atoms with E-state index in [-0.39, 0.29) is 0 Å². The molecular formula is C18H40NO2+. The zero-order valence-corrected chi connectivity index (χ0v) is 15.2. The van der Waals surface area contributed by atoms with Gasteiger partial charge in [0.2, 0.25) is 0 Å². The van der Waals surface area contributed by atoms with Gasteiger partial charge in [0.25, 0.3) is 0 Å². The van der Waals surface area contributed by atoms with Crippen molar-refractivity contribution in [3.05, 3.63) is 0 Å². The molecule has 0 aliphatic carbocycles. The fourth-order valence-electron chi connectivity index (χ4n) is 2.82. The van der Waals surface area contributed by atoms with Crippen LogP contribution in [0.5, 0.6) is 0 Å². The number of nitrogens with zero attached hydrogens (tertiary/aromatic N) is 1. The molecule has 0 aromatic rings. The second-order valence-electron chi connectivity index (χ2n) is 5.87. The maximum atomic E-state index is 5.82. The summed E-state index contributed by atoms with van der Waals surface area (Å²) in [6, 6.07) is 0. The molecule has 0 fully saturated rings. The predicted octanol–water partition coefficient (Wildman–Crippen LogP) is 5.65. The van der Waals surface area contributed by atoms with E-state index in [1.54, 1.807) is 0 Å². The number of rotatable bonds is 16. The Balaban J connectivity index is 3.57. The van der Waals surface area contributed by atoms with Crippen LogP contribution in [0.2, 0.25) is 0 Å². The zero-order valence-electron chi connectivity index (χ0n) is 15.2. The van der Waals surface area contributed by atoms with Gasteiger partial charge in [0.1, 0.15) is 26.3 Å². The van der Waals surface area contributed by atoms with Gasteiger partial charge in [0.05, 0.1) is 0 Å². The fourth-order valence-corrected chi connectivity index (χ4v) is 2.82. The van der Waals surface area contributed by atoms with Crippen LogP contribution in [0.1, 0.15) is 91.9 Å². The Morgan fingerprint density at radius 1 is 0.571 bits per heavy atom. The maximum absolute atomic E-state index is 5.82. The van der Waals surface area contributed by atoms with Gasteiger partial charge in [-0.3, -0.25) is 0 Å². The first-order chi connectivity index (χ1) is 10.2. The molecule has 3 heteroatoms. The van der Waals surface area contributed by atoms with Crippen molar-refractivity contribution >= 4 is 0 Å². The summed E-state index contributed by atoms with van der Waals surface area (Å²) in [5.74, 6) is 0. The summed E-state index contributed by atoms with van der Waals surface area (Å²) in [5.41, 5.74) is 0. The minimum atomic E-state index is 0.379. The lowest BCUT2D eigenvalue weighted by atomic mass is 10.1. The molecule has 0 saturated carbocycles. The van der Waals surface area contributed by atoms with E-state index in [0.29, 0.717) is 18.0 Å². The van der Waals surface area contributed by atoms with E-state index >= 15 is 0 Å². The van der Waals surface area contributed by atoms with Crippen LogP contribution in [0, 0.1) is 0 Å². The van der Waals surface area contributed by atoms with Gasteiger partial charge in [-0.1, -0.05) is 58.3 Å². The summed E-state index contributed by atoms with van der Waals surface area (Å²) in [6.45, 7) is 11.8. The fraction of sp³-hybridized carbons (Fsp3) is 1.00. The van der Waals surface area contributed by atoms with E-state index in [4.69, 9.17) is 9.68 Å². The van der Waals surface area contributed by atoms with Crippen LogP contribution in [-0.2, 0) is 9.68 Å². The highest BCUT2D eigenvalue weighted by atomic mass is 17.0. The Labute approximate surface area is 133 Å². The van der Waals surface area contributed by atoms with Gasteiger partial charge in [-0.2, -0.15) is 9.68 Å². The first kappa shape index (κ1) is 20.9. The van der Waals surface area contributed by atoms with E-state index in [2.05, 4.69) is 13.8 Å². The molecule has 0 heterocycles. The van der Waals surface area contributed by atoms with Crippen LogP contribution < -0.4 is 0 Å². The highest BCUT2D eigenvalue weighted by molar-refractivity contribution is 4.47. The zero-order chi connectivity index (χ0) is 15.8. The molecule has 0 aromatic heterocycles. The first-order valence-electron chi connectivity index (χ1n) is 9.40. The molecule has 0 N–H and O–H groups in total. The van der Waals surface area contributed by atoms with Crippen LogP contribution in [0.25, 0.3) is 0 Å². The smallest absolute Gasteiger partial charge is 0.142 e. The van der Waals surface area contributed by atoms with Crippen LogP contribution in [0.4, 0.5) is 0 Å². The number of quaternary nitrogens is 1. The van der Waals surface area contributed by atoms with Gasteiger partial charge in [0, 0.05) is 6.42 Å². The molecule has 0 spiro atoms. The predicted molar refractivity (Wildman–Crippen MR) is 90.8 cm³/mol. The molecule has 128 valence electrons. The summed E-state index contributed by atoms with van der Waals surface area (Å²) in [6.07, 6.45) is 13.7. The van der Waals surface area contributed by atoms with E-state index < -0.39 is 0 Å². The average molecular weight is 303 g/mol. The Bertz CT molecular complexity index is 203. The summed E-state index contributed by atoms with van der Waals surface area (Å²) < 4.78 is 0. The van der Waals surface area contributed by atoms with Crippen LogP contribution in [0.15, 0.2) is 0 Å². The second-order valence-corrected chi connectivity index (χ2v) is 5.87. The van der Waals surface area contributed by atoms with Crippen LogP contribution in [-0.4, -0.2) is 31.1 Å². The summed E-state index contributed by atoms with van der Waals surface area (Å²) in [5, 5.41) is 0. The number of hydrogen-bond donors (Lipinski definition) is 0. The Morgan fingerprint density at radius 3 is 1.38 bits per heavy atom. The van der Waals surface area contributed by atoms with Gasteiger partial charge in [-0.15, -0.1) is 0 Å². The van der Waals surface area contributed by atoms with Gasteiger partial charge in [-0.05, 0) is 32.0 Å². The minimum absolute atomic E-state index is 0.379. The van der Waals surface area contributed by atoms with E-state index in [1.165, 1.54) is 64.2 Å². The SMILES string of the molecule is CCCCCCCCCCCC[N+](CC)(OCC)OCC. The minimum Gasteiger partial charge on any atom is -0.168 e. The van der Waals surface area contributed by atoms with Gasteiger partial charge < -0.3 is 0 Å². The first-order valence-corrected chi connectivity index (χ1v) is 9.40. The largest absolute Gasteiger partial charge is 0.168 e. The summed E-state index contributed by atoms with van der Waals surface area (Å²) >= 11 is 0. The Kier molecular flexibility index (Phi) is 14.7. The second kappa shape index (κ2) is 14.8. The van der Waals surface area contributed by atoms with Gasteiger partial charge in [-0.25, -0.2) is 0 Å². The highest BCUT2D eigenvalue weighted by Gasteiger charge is 2.28. The van der Waals surface area contributed by atoms with Crippen LogP contribution in [0.3, 0.4) is 0 Å². The molecule has 0 atom stereocenters. The van der Waals surface area contributed by atoms with E-state index in [9.17, 15) is 0 Å². The van der Waals surface area contributed by atoms with Gasteiger partial charge >= 0.3 is 0 Å². The molecule has 3 nitrogen and oxygen atoms in total. The molecule has 0 aliphatic heterocycles. The van der Waals surface area contributed by atoms with Crippen molar-refractivity contribution in [2.45, 2.75) is 91.9 Å². The lowest BCUT2D eigenvalue weighted by Gasteiger charge is -2.30. The van der Waals surface area contributed by atoms with Crippen molar-refractivity contribution in [1.82, 2.24) is 0 Å². The molecule has 0 saturated heterocycles. The normalized spacial score (nSPS) is 12.0. The molecule has 21 heavy (non-hydrogen) atoms. The molecular weight excluding hydrogens is 262 g/mol. The number of hydroxylamine groups is 4. The Hall–Kier alpha value is -0.120. The molecule has 0 rings (SSSR count). The number of unbranched alkanes of at least 4 members (excludes halogenated alkanes) is 9. The van der Waals surface area contributed by atoms with Crippen molar-refractivity contribution in [1.29, 1.82) is 0 Å². The monoisotopic (exact) mass is 302 g/mol. The molecule has 0 bridgehead atoms. The Morgan fingerprint density at radius 2 is 1.00 bits per heavy atom. The molecule has 0 radical (unpaired) electrons. The van der Waals surface area contributed by atoms with Gasteiger partial charge in [0.15, 0.2) is 0 Å². The third-order valence-electron chi connectivity index (χ3n) is 4.06. The average Bonchev–Trinajstić information content (AvgIpc) is 2.49. The van der Waals surface area contributed by atoms with Crippen molar-refractivity contribution in [3.63, 3.8) is 0 Å². The van der Waals surface area contributed by atoms with Crippen molar-refractivity contribution in [3.8, 4) is 0 Å². The quantitative estimate of drug-likeness (QED) is 0.208. The number of hydrogen-bond acceptors (Lipinski definition) is 2. The lowest BCUT2D eigenvalue weighted by molar-refractivity contribution is -1.25. The molecule has 0 aliphatic rings. The molecule has 0 unspecified atom stereocenters. The standard InChI is InChI=1S/C18H40NO2/c1-5-9-10-11-12-13-14-15-16-17-18-19(6-2,20-7-3)21-8-4/h5-18H2,1-4H3/q+1. The van der Waals surface area contributed by atoms with E-state index in [0.717, 1.165) is 13.1 Å². The summed E-state index contributed by atoms with van der Waals surface area (Å²) in [4.78, 5) is 12.0. The third-order valence-corrected chi connectivity index (χ3v) is 4.06. The van der Waals surface area contributed by atoms with Crippen molar-refractivity contribution < 1.29 is 14.5 Å². The molecule has 0 aromatic carbocycles. The topological polar surface area (TPSA) is 18.5 Å². The molecule has 0 amide bonds.